The number of aliphatic imine (C=N–C) groups is 1. The number of ether oxygens (including phenoxy) is 1. The molecule has 0 aliphatic carbocycles. The average molecular weight is 340 g/mol. The highest BCUT2D eigenvalue weighted by Gasteiger charge is 2.59. The molecule has 4 unspecified atom stereocenters. The van der Waals surface area contributed by atoms with Gasteiger partial charge in [-0.25, -0.2) is 0 Å². The van der Waals surface area contributed by atoms with Crippen LogP contribution in [-0.2, 0) is 0 Å². The SMILES string of the molecule is COc1ccc(C2N=C(c3ccccc3)C3C(c4ccccc4)N23)cc1. The van der Waals surface area contributed by atoms with Gasteiger partial charge >= 0.3 is 0 Å². The Morgan fingerprint density at radius 2 is 1.38 bits per heavy atom. The number of rotatable bonds is 4. The van der Waals surface area contributed by atoms with Gasteiger partial charge in [0.25, 0.3) is 0 Å². The minimum Gasteiger partial charge on any atom is -0.497 e. The summed E-state index contributed by atoms with van der Waals surface area (Å²) in [6.07, 6.45) is 0.0614. The van der Waals surface area contributed by atoms with Crippen LogP contribution in [0.4, 0.5) is 0 Å². The van der Waals surface area contributed by atoms with E-state index in [4.69, 9.17) is 9.73 Å². The zero-order chi connectivity index (χ0) is 17.5. The van der Waals surface area contributed by atoms with Gasteiger partial charge in [0.1, 0.15) is 11.9 Å². The van der Waals surface area contributed by atoms with Gasteiger partial charge in [-0.3, -0.25) is 9.89 Å². The van der Waals surface area contributed by atoms with Gasteiger partial charge in [0, 0.05) is 0 Å². The van der Waals surface area contributed by atoms with Gasteiger partial charge in [0.05, 0.1) is 24.9 Å². The summed E-state index contributed by atoms with van der Waals surface area (Å²) in [6.45, 7) is 0. The highest BCUT2D eigenvalue weighted by atomic mass is 16.5. The summed E-state index contributed by atoms with van der Waals surface area (Å²) in [7, 11) is 1.70. The van der Waals surface area contributed by atoms with Crippen LogP contribution in [-0.4, -0.2) is 23.8 Å². The minimum absolute atomic E-state index is 0.0614. The zero-order valence-corrected chi connectivity index (χ0v) is 14.6. The summed E-state index contributed by atoms with van der Waals surface area (Å²) in [5.74, 6) is 0.876. The zero-order valence-electron chi connectivity index (χ0n) is 14.6. The molecule has 5 rings (SSSR count). The molecule has 128 valence electrons. The monoisotopic (exact) mass is 340 g/mol. The van der Waals surface area contributed by atoms with Gasteiger partial charge in [-0.1, -0.05) is 72.8 Å². The van der Waals surface area contributed by atoms with Crippen molar-refractivity contribution in [3.8, 4) is 5.75 Å². The lowest BCUT2D eigenvalue weighted by Crippen LogP contribution is -2.08. The molecule has 0 radical (unpaired) electrons. The Hall–Kier alpha value is -2.91. The molecule has 2 aliphatic rings. The molecule has 1 saturated heterocycles. The highest BCUT2D eigenvalue weighted by Crippen LogP contribution is 2.55. The van der Waals surface area contributed by atoms with E-state index in [1.165, 1.54) is 22.4 Å². The van der Waals surface area contributed by atoms with Crippen molar-refractivity contribution >= 4 is 5.71 Å². The maximum atomic E-state index is 5.30. The second-order valence-corrected chi connectivity index (χ2v) is 6.77. The third-order valence-electron chi connectivity index (χ3n) is 5.30. The maximum Gasteiger partial charge on any atom is 0.129 e. The quantitative estimate of drug-likeness (QED) is 0.647. The van der Waals surface area contributed by atoms with Crippen molar-refractivity contribution in [1.82, 2.24) is 4.90 Å². The van der Waals surface area contributed by atoms with Crippen molar-refractivity contribution in [2.75, 3.05) is 7.11 Å². The van der Waals surface area contributed by atoms with Crippen molar-refractivity contribution < 1.29 is 4.74 Å². The van der Waals surface area contributed by atoms with E-state index < -0.39 is 0 Å². The molecule has 0 amide bonds. The summed E-state index contributed by atoms with van der Waals surface area (Å²) in [6, 6.07) is 30.3. The van der Waals surface area contributed by atoms with Gasteiger partial charge in [0.15, 0.2) is 0 Å². The molecule has 0 aromatic heterocycles. The molecule has 4 atom stereocenters. The third kappa shape index (κ3) is 2.44. The van der Waals surface area contributed by atoms with E-state index in [2.05, 4.69) is 77.7 Å². The van der Waals surface area contributed by atoms with Crippen LogP contribution in [0.3, 0.4) is 0 Å². The fourth-order valence-corrected chi connectivity index (χ4v) is 4.00. The molecule has 0 bridgehead atoms. The number of nitrogens with zero attached hydrogens (tertiary/aromatic N) is 2. The van der Waals surface area contributed by atoms with E-state index in [1.54, 1.807) is 7.11 Å². The highest BCUT2D eigenvalue weighted by molar-refractivity contribution is 6.08. The van der Waals surface area contributed by atoms with E-state index in [-0.39, 0.29) is 6.17 Å². The topological polar surface area (TPSA) is 24.6 Å². The first-order chi connectivity index (χ1) is 12.9. The van der Waals surface area contributed by atoms with Crippen molar-refractivity contribution in [2.24, 2.45) is 4.99 Å². The Morgan fingerprint density at radius 3 is 2.04 bits per heavy atom. The van der Waals surface area contributed by atoms with E-state index in [9.17, 15) is 0 Å². The van der Waals surface area contributed by atoms with Crippen molar-refractivity contribution in [3.63, 3.8) is 0 Å². The Kier molecular flexibility index (Phi) is 3.61. The van der Waals surface area contributed by atoms with Crippen LogP contribution in [0.2, 0.25) is 0 Å². The van der Waals surface area contributed by atoms with Gasteiger partial charge in [-0.05, 0) is 28.8 Å². The molecule has 3 aromatic carbocycles. The second-order valence-electron chi connectivity index (χ2n) is 6.77. The summed E-state index contributed by atoms with van der Waals surface area (Å²) >= 11 is 0. The van der Waals surface area contributed by atoms with E-state index >= 15 is 0 Å². The Labute approximate surface area is 153 Å². The van der Waals surface area contributed by atoms with Crippen molar-refractivity contribution in [1.29, 1.82) is 0 Å². The summed E-state index contributed by atoms with van der Waals surface area (Å²) < 4.78 is 5.30. The Balaban J connectivity index is 1.55. The smallest absolute Gasteiger partial charge is 0.129 e. The predicted octanol–water partition coefficient (Wildman–Crippen LogP) is 4.62. The Bertz CT molecular complexity index is 935. The standard InChI is InChI=1S/C23H20N2O/c1-26-19-14-12-18(13-15-19)23-24-20(16-8-4-2-5-9-16)22-21(25(22)23)17-10-6-3-7-11-17/h2-15,21-23H,1H3. The van der Waals surface area contributed by atoms with Crippen molar-refractivity contribution in [2.45, 2.75) is 18.2 Å². The van der Waals surface area contributed by atoms with Crippen LogP contribution in [0.15, 0.2) is 89.9 Å². The third-order valence-corrected chi connectivity index (χ3v) is 5.30. The van der Waals surface area contributed by atoms with E-state index in [1.807, 2.05) is 12.1 Å². The van der Waals surface area contributed by atoms with E-state index in [0.717, 1.165) is 5.75 Å². The fraction of sp³-hybridized carbons (Fsp3) is 0.174. The molecule has 3 heteroatoms. The first-order valence-corrected chi connectivity index (χ1v) is 8.96. The molecule has 0 saturated carbocycles. The van der Waals surface area contributed by atoms with Gasteiger partial charge < -0.3 is 4.74 Å². The number of benzene rings is 3. The van der Waals surface area contributed by atoms with Gasteiger partial charge in [-0.2, -0.15) is 0 Å². The molecule has 0 N–H and O–H groups in total. The van der Waals surface area contributed by atoms with Gasteiger partial charge in [0.2, 0.25) is 0 Å². The molecular formula is C23H20N2O. The number of fused-ring (bicyclic) bond motifs is 1. The lowest BCUT2D eigenvalue weighted by Gasteiger charge is -2.15. The number of methoxy groups -OCH3 is 1. The van der Waals surface area contributed by atoms with Crippen LogP contribution in [0.5, 0.6) is 5.75 Å². The van der Waals surface area contributed by atoms with Crippen LogP contribution < -0.4 is 4.74 Å². The summed E-state index contributed by atoms with van der Waals surface area (Å²) in [5.41, 5.74) is 4.98. The van der Waals surface area contributed by atoms with Crippen LogP contribution >= 0.6 is 0 Å². The van der Waals surface area contributed by atoms with Crippen LogP contribution in [0.25, 0.3) is 0 Å². The number of hydrogen-bond donors (Lipinski definition) is 0. The molecule has 0 spiro atoms. The first-order valence-electron chi connectivity index (χ1n) is 8.96. The molecule has 26 heavy (non-hydrogen) atoms. The summed E-state index contributed by atoms with van der Waals surface area (Å²) in [5, 5.41) is 0. The molecule has 1 fully saturated rings. The molecular weight excluding hydrogens is 320 g/mol. The molecule has 2 heterocycles. The molecule has 3 aromatic rings. The molecule has 2 aliphatic heterocycles. The average Bonchev–Trinajstić information content (AvgIpc) is 3.33. The molecule has 3 nitrogen and oxygen atoms in total. The van der Waals surface area contributed by atoms with Gasteiger partial charge in [-0.15, -0.1) is 0 Å². The summed E-state index contributed by atoms with van der Waals surface area (Å²) in [4.78, 5) is 7.59. The number of hydrogen-bond acceptors (Lipinski definition) is 3. The minimum atomic E-state index is 0.0614. The lowest BCUT2D eigenvalue weighted by molar-refractivity contribution is 0.400. The lowest BCUT2D eigenvalue weighted by atomic mass is 10.0. The maximum absolute atomic E-state index is 5.30. The fourth-order valence-electron chi connectivity index (χ4n) is 4.00. The normalized spacial score (nSPS) is 26.1. The van der Waals surface area contributed by atoms with E-state index in [0.29, 0.717) is 12.1 Å². The second kappa shape index (κ2) is 6.11. The largest absolute Gasteiger partial charge is 0.497 e. The van der Waals surface area contributed by atoms with Crippen molar-refractivity contribution in [3.05, 3.63) is 102 Å². The first kappa shape index (κ1) is 15.4. The predicted molar refractivity (Wildman–Crippen MR) is 104 cm³/mol. The Morgan fingerprint density at radius 1 is 0.731 bits per heavy atom. The van der Waals surface area contributed by atoms with Crippen LogP contribution in [0, 0.1) is 0 Å². The van der Waals surface area contributed by atoms with Crippen LogP contribution in [0.1, 0.15) is 28.9 Å².